The monoisotopic (exact) mass is 1800 g/mol. The van der Waals surface area contributed by atoms with Gasteiger partial charge in [0, 0.05) is 70.6 Å². The summed E-state index contributed by atoms with van der Waals surface area (Å²) in [6.45, 7) is 49.8. The number of thiophene rings is 4. The number of fused-ring (bicyclic) bond motifs is 12. The van der Waals surface area contributed by atoms with Gasteiger partial charge in [-0.2, -0.15) is 0 Å². The maximum absolute atomic E-state index is 13.1. The van der Waals surface area contributed by atoms with E-state index in [1.54, 1.807) is 45.3 Å². The van der Waals surface area contributed by atoms with Gasteiger partial charge in [0.2, 0.25) is 0 Å². The SMILES string of the molecule is Cc1sc2c(c1C)C(c1ccc(C(C)C)cc1)=NCc1nnc(C)n1-2.Cc1sc2c(c1C)C(c1ccc(C(C)C)cc1)=N[C@@H](CC(=O)OC(C)(C)C)c1nnc(C)n1-2.Cc1sc2c(c1C)C(c1ccc(C(C)C)cc1)=N[C@@H](CC(=O)OC1CCC(O)CC1)c1nnc(C)n1-2.Cc1sc2c(c1C)C(c1ccc(C(C)C)cc1)=N[C@@H](CC(=O)OCCN(C)C)c1nnc(C)n1-2. The van der Waals surface area contributed by atoms with E-state index < -0.39 is 23.7 Å². The van der Waals surface area contributed by atoms with E-state index in [0.29, 0.717) is 86.5 Å². The van der Waals surface area contributed by atoms with Crippen LogP contribution in [0.4, 0.5) is 0 Å². The summed E-state index contributed by atoms with van der Waals surface area (Å²) >= 11 is 6.94. The molecule has 3 atom stereocenters. The van der Waals surface area contributed by atoms with Crippen molar-refractivity contribution in [3.05, 3.63) is 252 Å². The van der Waals surface area contributed by atoms with Crippen molar-refractivity contribution in [3.8, 4) is 20.0 Å². The number of aliphatic imine (C=N–C) groups is 4. The number of ether oxygens (including phenoxy) is 3. The van der Waals surface area contributed by atoms with Gasteiger partial charge in [0.25, 0.3) is 0 Å². The number of aliphatic hydroxyl groups excluding tert-OH is 1. The fraction of sp³-hybridized carbons (Fsp3) is 0.450. The standard InChI is InChI=1S/C28H34N4O3S.C26H33N5O2S.C26H32N4O2S.C20H22N4S/c1-15(2)19-6-8-20(9-7-19)26-25-16(3)17(4)36-28(25)32-18(5)30-31-27(32)23(29-26)14-24(34)35-22-12-10-21(33)11-13-22;1-15(2)19-8-10-20(11-9-19)24-23-16(3)17(4)34-26(23)31-18(5)28-29-25(31)21(27-24)14-22(32)33-13-12-30(6)7;1-14(2)18-9-11-19(12-10-18)23-22-15(3)16(4)33-25(22)30-17(5)28-29-24(30)20(27-23)13-21(31)32-26(6,7)8;1-11(2)15-6-8-16(9-7-15)19-18-12(3)13(4)25-20(18)24-14(5)22-23-17(24)10-21-19/h6-9,15,21-23,33H,10-14H2,1-5H3;8-11,15,21H,12-14H2,1-7H3;9-12,14,20H,13H2,1-8H3;6-9,11H,10H2,1-5H3/t21?,22?,23-;21-;20-;/m000./s1. The maximum Gasteiger partial charge on any atom is 0.308 e. The summed E-state index contributed by atoms with van der Waals surface area (Å²) in [7, 11) is 3.91. The summed E-state index contributed by atoms with van der Waals surface area (Å²) in [6.07, 6.45) is 2.61. The Morgan fingerprint density at radius 1 is 0.414 bits per heavy atom. The van der Waals surface area contributed by atoms with Crippen LogP contribution in [0.3, 0.4) is 0 Å². The van der Waals surface area contributed by atoms with Crippen molar-refractivity contribution in [3.63, 3.8) is 0 Å². The van der Waals surface area contributed by atoms with Gasteiger partial charge in [-0.25, -0.2) is 0 Å². The van der Waals surface area contributed by atoms with Crippen LogP contribution in [0, 0.1) is 83.1 Å². The van der Waals surface area contributed by atoms with Crippen LogP contribution < -0.4 is 0 Å². The summed E-state index contributed by atoms with van der Waals surface area (Å²) in [5.74, 6) is 7.22. The van der Waals surface area contributed by atoms with E-state index in [4.69, 9.17) is 34.2 Å². The van der Waals surface area contributed by atoms with Crippen LogP contribution in [0.25, 0.3) is 20.0 Å². The maximum atomic E-state index is 13.1. The van der Waals surface area contributed by atoms with Crippen LogP contribution in [0.2, 0.25) is 0 Å². The van der Waals surface area contributed by atoms with E-state index in [2.05, 4.69) is 267 Å². The van der Waals surface area contributed by atoms with Crippen molar-refractivity contribution in [2.75, 3.05) is 27.2 Å². The average molecular weight is 1800 g/mol. The molecular weight excluding hydrogens is 1680 g/mol. The minimum absolute atomic E-state index is 0.0950. The van der Waals surface area contributed by atoms with Crippen LogP contribution >= 0.6 is 45.3 Å². The molecular formula is C100H121N17O7S4. The third kappa shape index (κ3) is 19.9. The zero-order chi connectivity index (χ0) is 91.9. The molecule has 0 unspecified atom stereocenters. The topological polar surface area (TPSA) is 275 Å². The zero-order valence-electron chi connectivity index (χ0n) is 78.6. The molecule has 4 aliphatic heterocycles. The van der Waals surface area contributed by atoms with Gasteiger partial charge in [-0.15, -0.1) is 86.1 Å². The highest BCUT2D eigenvalue weighted by molar-refractivity contribution is 7.16. The average Bonchev–Trinajstić information content (AvgIpc) is 1.64. The lowest BCUT2D eigenvalue weighted by Crippen LogP contribution is -2.27. The van der Waals surface area contributed by atoms with Crippen LogP contribution in [0.15, 0.2) is 117 Å². The van der Waals surface area contributed by atoms with Crippen molar-refractivity contribution in [2.45, 2.75) is 270 Å². The lowest BCUT2D eigenvalue weighted by molar-refractivity contribution is -0.155. The number of esters is 3. The molecule has 1 N–H and O–H groups in total. The van der Waals surface area contributed by atoms with Gasteiger partial charge in [0.05, 0.1) is 48.2 Å². The molecule has 28 heteroatoms. The molecule has 0 amide bonds. The Morgan fingerprint density at radius 3 is 1.05 bits per heavy atom. The predicted octanol–water partition coefficient (Wildman–Crippen LogP) is 21.0. The normalized spacial score (nSPS) is 16.8. The van der Waals surface area contributed by atoms with Crippen molar-refractivity contribution in [2.24, 2.45) is 20.0 Å². The van der Waals surface area contributed by atoms with Gasteiger partial charge in [0.1, 0.15) is 86.3 Å². The first-order chi connectivity index (χ1) is 60.8. The molecule has 1 aliphatic carbocycles. The molecule has 128 heavy (non-hydrogen) atoms. The second-order valence-electron chi connectivity index (χ2n) is 36.6. The Kier molecular flexibility index (Phi) is 28.4. The molecule has 0 spiro atoms. The third-order valence-electron chi connectivity index (χ3n) is 24.4. The molecule has 4 aromatic carbocycles. The fourth-order valence-corrected chi connectivity index (χ4v) is 21.5. The van der Waals surface area contributed by atoms with Crippen molar-refractivity contribution in [1.82, 2.24) is 64.0 Å². The molecule has 0 radical (unpaired) electrons. The zero-order valence-corrected chi connectivity index (χ0v) is 81.9. The number of aryl methyl sites for hydroxylation is 8. The number of likely N-dealkylation sites (N-methyl/N-ethyl adjacent to an activating group) is 1. The largest absolute Gasteiger partial charge is 0.464 e. The van der Waals surface area contributed by atoms with Crippen molar-refractivity contribution >= 4 is 86.1 Å². The molecule has 1 fully saturated rings. The summed E-state index contributed by atoms with van der Waals surface area (Å²) < 4.78 is 25.3. The smallest absolute Gasteiger partial charge is 0.308 e. The number of hydrogen-bond donors (Lipinski definition) is 1. The summed E-state index contributed by atoms with van der Waals surface area (Å²) in [5, 5.41) is 49.2. The molecule has 0 bridgehead atoms. The Morgan fingerprint density at radius 2 is 0.719 bits per heavy atom. The number of aliphatic hydroxyl groups is 1. The molecule has 1 saturated carbocycles. The first-order valence-electron chi connectivity index (χ1n) is 44.5. The Bertz CT molecular complexity index is 6220. The Hall–Kier alpha value is -10.8. The summed E-state index contributed by atoms with van der Waals surface area (Å²) in [6, 6.07) is 33.1. The van der Waals surface area contributed by atoms with E-state index in [-0.39, 0.29) is 49.4 Å². The summed E-state index contributed by atoms with van der Waals surface area (Å²) in [4.78, 5) is 66.1. The highest BCUT2D eigenvalue weighted by atomic mass is 32.1. The molecule has 0 saturated heterocycles. The highest BCUT2D eigenvalue weighted by Crippen LogP contribution is 2.45. The van der Waals surface area contributed by atoms with E-state index in [1.807, 2.05) is 67.5 Å². The van der Waals surface area contributed by atoms with E-state index >= 15 is 0 Å². The highest BCUT2D eigenvalue weighted by Gasteiger charge is 2.39. The van der Waals surface area contributed by atoms with Gasteiger partial charge in [0.15, 0.2) is 23.3 Å². The van der Waals surface area contributed by atoms with Crippen LogP contribution in [-0.4, -0.2) is 155 Å². The van der Waals surface area contributed by atoms with Gasteiger partial charge in [-0.05, 0) is 212 Å². The number of carbonyl (C=O) groups excluding carboxylic acids is 3. The molecule has 17 rings (SSSR count). The third-order valence-corrected chi connectivity index (χ3v) is 29.2. The van der Waals surface area contributed by atoms with Crippen molar-refractivity contribution < 1.29 is 33.7 Å². The van der Waals surface area contributed by atoms with Crippen LogP contribution in [-0.2, 0) is 35.1 Å². The molecule has 12 aromatic rings. The minimum atomic E-state index is -0.559. The van der Waals surface area contributed by atoms with Gasteiger partial charge >= 0.3 is 17.9 Å². The lowest BCUT2D eigenvalue weighted by atomic mass is 9.95. The van der Waals surface area contributed by atoms with Gasteiger partial charge in [-0.3, -0.25) is 52.6 Å². The van der Waals surface area contributed by atoms with Crippen LogP contribution in [0.5, 0.6) is 0 Å². The molecule has 24 nitrogen and oxygen atoms in total. The number of nitrogens with zero attached hydrogens (tertiary/aromatic N) is 17. The quantitative estimate of drug-likeness (QED) is 0.0617. The van der Waals surface area contributed by atoms with E-state index in [1.165, 1.54) is 80.1 Å². The fourth-order valence-electron chi connectivity index (χ4n) is 16.6. The van der Waals surface area contributed by atoms with Gasteiger partial charge in [-0.1, -0.05) is 152 Å². The number of rotatable bonds is 18. The second kappa shape index (κ2) is 38.9. The molecule has 5 aliphatic rings. The number of carbonyl (C=O) groups is 3. The predicted molar refractivity (Wildman–Crippen MR) is 514 cm³/mol. The molecule has 12 heterocycles. The summed E-state index contributed by atoms with van der Waals surface area (Å²) in [5.41, 5.74) is 22.0. The number of benzene rings is 4. The number of hydrogen-bond acceptors (Lipinski definition) is 24. The molecule has 8 aromatic heterocycles. The van der Waals surface area contributed by atoms with Crippen LogP contribution in [0.1, 0.15) is 318 Å². The number of aromatic nitrogens is 12. The first-order valence-corrected chi connectivity index (χ1v) is 47.8. The van der Waals surface area contributed by atoms with E-state index in [0.717, 1.165) is 100 Å². The lowest BCUT2D eigenvalue weighted by Gasteiger charge is -2.25. The Balaban J connectivity index is 0.000000139. The molecule has 672 valence electrons. The van der Waals surface area contributed by atoms with Gasteiger partial charge < -0.3 is 24.2 Å². The second-order valence-corrected chi connectivity index (χ2v) is 41.4. The minimum Gasteiger partial charge on any atom is -0.464 e. The Labute approximate surface area is 768 Å². The first kappa shape index (κ1) is 93.4. The van der Waals surface area contributed by atoms with E-state index in [9.17, 15) is 19.5 Å². The van der Waals surface area contributed by atoms with Crippen molar-refractivity contribution in [1.29, 1.82) is 0 Å².